The Morgan fingerprint density at radius 3 is 2.85 bits per heavy atom. The van der Waals surface area contributed by atoms with Crippen LogP contribution in [0.4, 0.5) is 4.79 Å². The van der Waals surface area contributed by atoms with E-state index in [0.717, 1.165) is 0 Å². The Bertz CT molecular complexity index is 302. The highest BCUT2D eigenvalue weighted by atomic mass is 35.5. The van der Waals surface area contributed by atoms with Crippen LogP contribution < -0.4 is 5.73 Å². The lowest BCUT2D eigenvalue weighted by molar-refractivity contribution is 0.0653. The molecule has 0 radical (unpaired) electrons. The summed E-state index contributed by atoms with van der Waals surface area (Å²) in [6.07, 6.45) is -1.63. The van der Waals surface area contributed by atoms with E-state index in [1.165, 1.54) is 11.3 Å². The van der Waals surface area contributed by atoms with Crippen molar-refractivity contribution in [3.63, 3.8) is 0 Å². The molecule has 0 spiro atoms. The number of hydrogen-bond acceptors (Lipinski definition) is 4. The zero-order chi connectivity index (χ0) is 9.84. The highest BCUT2D eigenvalue weighted by Crippen LogP contribution is 2.28. The second kappa shape index (κ2) is 4.45. The summed E-state index contributed by atoms with van der Waals surface area (Å²) in [6.45, 7) is -0.306. The van der Waals surface area contributed by atoms with Crippen molar-refractivity contribution >= 4 is 29.0 Å². The molecule has 1 unspecified atom stereocenters. The van der Waals surface area contributed by atoms with Gasteiger partial charge in [0, 0.05) is 4.88 Å². The number of halogens is 1. The zero-order valence-corrected chi connectivity index (χ0v) is 8.14. The molecular weight excluding hydrogens is 214 g/mol. The minimum Gasteiger partial charge on any atom is -0.438 e. The van der Waals surface area contributed by atoms with Crippen LogP contribution in [0.25, 0.3) is 0 Å². The van der Waals surface area contributed by atoms with Crippen LogP contribution in [0.1, 0.15) is 11.0 Å². The van der Waals surface area contributed by atoms with Crippen molar-refractivity contribution in [2.45, 2.75) is 6.10 Å². The smallest absolute Gasteiger partial charge is 0.405 e. The van der Waals surface area contributed by atoms with Gasteiger partial charge in [-0.05, 0) is 12.1 Å². The summed E-state index contributed by atoms with van der Waals surface area (Å²) in [5.41, 5.74) is 4.81. The minimum atomic E-state index is -0.913. The second-order valence-electron chi connectivity index (χ2n) is 2.25. The van der Waals surface area contributed by atoms with Crippen LogP contribution in [0.15, 0.2) is 12.1 Å². The lowest BCUT2D eigenvalue weighted by Gasteiger charge is -2.11. The van der Waals surface area contributed by atoms with Gasteiger partial charge in [0.25, 0.3) is 0 Å². The van der Waals surface area contributed by atoms with Crippen molar-refractivity contribution in [1.82, 2.24) is 0 Å². The zero-order valence-electron chi connectivity index (χ0n) is 6.57. The van der Waals surface area contributed by atoms with Gasteiger partial charge in [-0.3, -0.25) is 0 Å². The lowest BCUT2D eigenvalue weighted by atomic mass is 10.3. The summed E-state index contributed by atoms with van der Waals surface area (Å²) < 4.78 is 5.21. The molecule has 1 heterocycles. The van der Waals surface area contributed by atoms with Gasteiger partial charge in [-0.25, -0.2) is 4.79 Å². The van der Waals surface area contributed by atoms with E-state index in [2.05, 4.69) is 4.74 Å². The monoisotopic (exact) mass is 221 g/mol. The predicted molar refractivity (Wildman–Crippen MR) is 49.8 cm³/mol. The first-order chi connectivity index (χ1) is 6.13. The third kappa shape index (κ3) is 2.87. The van der Waals surface area contributed by atoms with Crippen LogP contribution in [0, 0.1) is 0 Å². The van der Waals surface area contributed by atoms with Crippen molar-refractivity contribution in [3.8, 4) is 0 Å². The topological polar surface area (TPSA) is 72.6 Å². The maximum absolute atomic E-state index is 10.4. The van der Waals surface area contributed by atoms with E-state index in [1.807, 2.05) is 0 Å². The standard InChI is InChI=1S/C7H8ClNO3S/c8-6-2-1-5(13-6)4(3-10)12-7(9)11/h1-2,4,10H,3H2,(H2,9,11). The molecule has 72 valence electrons. The summed E-state index contributed by atoms with van der Waals surface area (Å²) in [6, 6.07) is 3.34. The van der Waals surface area contributed by atoms with Crippen molar-refractivity contribution < 1.29 is 14.6 Å². The number of primary amides is 1. The molecule has 1 aromatic rings. The summed E-state index contributed by atoms with van der Waals surface area (Å²) in [5.74, 6) is 0. The van der Waals surface area contributed by atoms with Gasteiger partial charge in [0.05, 0.1) is 10.9 Å². The van der Waals surface area contributed by atoms with Crippen molar-refractivity contribution in [2.24, 2.45) is 5.73 Å². The van der Waals surface area contributed by atoms with Gasteiger partial charge in [0.2, 0.25) is 0 Å². The molecule has 4 nitrogen and oxygen atoms in total. The first kappa shape index (κ1) is 10.3. The molecule has 6 heteroatoms. The Labute approximate surface area is 83.9 Å². The third-order valence-corrected chi connectivity index (χ3v) is 2.66. The van der Waals surface area contributed by atoms with E-state index in [4.69, 9.17) is 22.4 Å². The Hall–Kier alpha value is -0.780. The number of aliphatic hydroxyl groups is 1. The molecular formula is C7H8ClNO3S. The maximum Gasteiger partial charge on any atom is 0.405 e. The quantitative estimate of drug-likeness (QED) is 0.813. The maximum atomic E-state index is 10.4. The van der Waals surface area contributed by atoms with Crippen molar-refractivity contribution in [3.05, 3.63) is 21.3 Å². The predicted octanol–water partition coefficient (Wildman–Crippen LogP) is 1.53. The third-order valence-electron chi connectivity index (χ3n) is 1.34. The molecule has 0 fully saturated rings. The number of amides is 1. The Kier molecular flexibility index (Phi) is 3.53. The molecule has 1 amide bonds. The van der Waals surface area contributed by atoms with Crippen LogP contribution >= 0.6 is 22.9 Å². The lowest BCUT2D eigenvalue weighted by Crippen LogP contribution is -2.18. The molecule has 13 heavy (non-hydrogen) atoms. The van der Waals surface area contributed by atoms with E-state index in [0.29, 0.717) is 9.21 Å². The van der Waals surface area contributed by atoms with Crippen LogP contribution in [-0.4, -0.2) is 17.8 Å². The molecule has 0 aliphatic carbocycles. The van der Waals surface area contributed by atoms with Crippen molar-refractivity contribution in [2.75, 3.05) is 6.61 Å². The van der Waals surface area contributed by atoms with Crippen LogP contribution in [-0.2, 0) is 4.74 Å². The van der Waals surface area contributed by atoms with Gasteiger partial charge in [0.1, 0.15) is 0 Å². The first-order valence-corrected chi connectivity index (χ1v) is 4.65. The molecule has 0 aliphatic heterocycles. The number of carbonyl (C=O) groups is 1. The molecule has 1 atom stereocenters. The van der Waals surface area contributed by atoms with Crippen LogP contribution in [0.2, 0.25) is 4.34 Å². The van der Waals surface area contributed by atoms with Gasteiger partial charge in [-0.2, -0.15) is 0 Å². The highest BCUT2D eigenvalue weighted by molar-refractivity contribution is 7.16. The second-order valence-corrected chi connectivity index (χ2v) is 4.00. The molecule has 0 saturated heterocycles. The minimum absolute atomic E-state index is 0.306. The largest absolute Gasteiger partial charge is 0.438 e. The average molecular weight is 222 g/mol. The van der Waals surface area contributed by atoms with E-state index in [1.54, 1.807) is 12.1 Å². The fourth-order valence-electron chi connectivity index (χ4n) is 0.827. The van der Waals surface area contributed by atoms with Crippen LogP contribution in [0.3, 0.4) is 0 Å². The fraction of sp³-hybridized carbons (Fsp3) is 0.286. The number of ether oxygens (including phenoxy) is 1. The normalized spacial score (nSPS) is 12.5. The molecule has 0 bridgehead atoms. The van der Waals surface area contributed by atoms with Crippen molar-refractivity contribution in [1.29, 1.82) is 0 Å². The molecule has 0 aromatic carbocycles. The van der Waals surface area contributed by atoms with Gasteiger partial charge in [-0.15, -0.1) is 11.3 Å². The SMILES string of the molecule is NC(=O)OC(CO)c1ccc(Cl)s1. The first-order valence-electron chi connectivity index (χ1n) is 3.45. The average Bonchev–Trinajstić information content (AvgIpc) is 2.47. The molecule has 1 aromatic heterocycles. The number of hydrogen-bond donors (Lipinski definition) is 2. The fourth-order valence-corrected chi connectivity index (χ4v) is 1.91. The Morgan fingerprint density at radius 2 is 2.46 bits per heavy atom. The summed E-state index contributed by atoms with van der Waals surface area (Å²) in [5, 5.41) is 8.87. The highest BCUT2D eigenvalue weighted by Gasteiger charge is 2.15. The van der Waals surface area contributed by atoms with E-state index in [-0.39, 0.29) is 6.61 Å². The van der Waals surface area contributed by atoms with Gasteiger partial charge < -0.3 is 15.6 Å². The molecule has 0 aliphatic rings. The number of nitrogens with two attached hydrogens (primary N) is 1. The molecule has 0 saturated carbocycles. The van der Waals surface area contributed by atoms with Gasteiger partial charge in [-0.1, -0.05) is 11.6 Å². The van der Waals surface area contributed by atoms with Crippen LogP contribution in [0.5, 0.6) is 0 Å². The number of thiophene rings is 1. The molecule has 1 rings (SSSR count). The molecule has 3 N–H and O–H groups in total. The Morgan fingerprint density at radius 1 is 1.77 bits per heavy atom. The summed E-state index contributed by atoms with van der Waals surface area (Å²) >= 11 is 6.90. The Balaban J connectivity index is 2.72. The van der Waals surface area contributed by atoms with E-state index < -0.39 is 12.2 Å². The van der Waals surface area contributed by atoms with Gasteiger partial charge >= 0.3 is 6.09 Å². The summed E-state index contributed by atoms with van der Waals surface area (Å²) in [4.78, 5) is 11.1. The van der Waals surface area contributed by atoms with E-state index in [9.17, 15) is 4.79 Å². The van der Waals surface area contributed by atoms with Gasteiger partial charge in [0.15, 0.2) is 6.10 Å². The number of carbonyl (C=O) groups excluding carboxylic acids is 1. The van der Waals surface area contributed by atoms with E-state index >= 15 is 0 Å². The number of aliphatic hydroxyl groups excluding tert-OH is 1. The number of rotatable bonds is 3. The summed E-state index contributed by atoms with van der Waals surface area (Å²) in [7, 11) is 0.